The van der Waals surface area contributed by atoms with E-state index >= 15 is 0 Å². The van der Waals surface area contributed by atoms with E-state index < -0.39 is 16.7 Å². The molecule has 0 bridgehead atoms. The summed E-state index contributed by atoms with van der Waals surface area (Å²) in [6, 6.07) is 1.90. The Morgan fingerprint density at radius 3 is 1.86 bits per heavy atom. The summed E-state index contributed by atoms with van der Waals surface area (Å²) in [7, 11) is 0. The third-order valence-electron chi connectivity index (χ3n) is 2.76. The Morgan fingerprint density at radius 2 is 1.57 bits per heavy atom. The van der Waals surface area contributed by atoms with Crippen LogP contribution in [0.1, 0.15) is 40.5 Å². The van der Waals surface area contributed by atoms with Crippen LogP contribution in [0.15, 0.2) is 0 Å². The van der Waals surface area contributed by atoms with E-state index in [0.29, 0.717) is 0 Å². The van der Waals surface area contributed by atoms with E-state index in [-0.39, 0.29) is 12.8 Å². The van der Waals surface area contributed by atoms with E-state index in [4.69, 9.17) is 5.26 Å². The number of rotatable bonds is 0. The highest BCUT2D eigenvalue weighted by Gasteiger charge is 2.52. The molecular weight excluding hydrogens is 180 g/mol. The van der Waals surface area contributed by atoms with Crippen molar-refractivity contribution in [2.24, 2.45) is 0 Å². The lowest BCUT2D eigenvalue weighted by molar-refractivity contribution is -0.305. The summed E-state index contributed by atoms with van der Waals surface area (Å²) < 4.78 is 0. The Labute approximate surface area is 84.7 Å². The predicted octanol–water partition coefficient (Wildman–Crippen LogP) is 1.24. The molecule has 4 nitrogen and oxygen atoms in total. The van der Waals surface area contributed by atoms with Gasteiger partial charge in [-0.15, -0.1) is 10.3 Å². The van der Waals surface area contributed by atoms with Crippen molar-refractivity contribution >= 4 is 0 Å². The molecule has 1 rings (SSSR count). The maximum Gasteiger partial charge on any atom is 0.154 e. The van der Waals surface area contributed by atoms with Gasteiger partial charge in [0.2, 0.25) is 0 Å². The lowest BCUT2D eigenvalue weighted by Crippen LogP contribution is -2.63. The summed E-state index contributed by atoms with van der Waals surface area (Å²) >= 11 is 0. The maximum atomic E-state index is 11.9. The fourth-order valence-electron chi connectivity index (χ4n) is 2.54. The highest BCUT2D eigenvalue weighted by molar-refractivity contribution is 5.12. The zero-order valence-corrected chi connectivity index (χ0v) is 9.16. The highest BCUT2D eigenvalue weighted by Crippen LogP contribution is 2.41. The first-order chi connectivity index (χ1) is 6.13. The van der Waals surface area contributed by atoms with Gasteiger partial charge in [-0.25, -0.2) is 0 Å². The highest BCUT2D eigenvalue weighted by atomic mass is 16.5. The molecule has 14 heavy (non-hydrogen) atoms. The minimum Gasteiger partial charge on any atom is -0.375 e. The van der Waals surface area contributed by atoms with Crippen LogP contribution in [0, 0.1) is 11.3 Å². The van der Waals surface area contributed by atoms with E-state index in [1.54, 1.807) is 27.7 Å². The number of nitrogens with zero attached hydrogens (tertiary/aromatic N) is 2. The van der Waals surface area contributed by atoms with E-state index in [9.17, 15) is 10.3 Å². The van der Waals surface area contributed by atoms with Gasteiger partial charge in [-0.3, -0.25) is 0 Å². The van der Waals surface area contributed by atoms with Gasteiger partial charge in [0.25, 0.3) is 0 Å². The minimum absolute atomic E-state index is 0.198. The fourth-order valence-corrected chi connectivity index (χ4v) is 2.54. The van der Waals surface area contributed by atoms with Gasteiger partial charge in [0.1, 0.15) is 0 Å². The average Bonchev–Trinajstić information content (AvgIpc) is 1.99. The summed E-state index contributed by atoms with van der Waals surface area (Å²) in [6.45, 7) is 7.01. The monoisotopic (exact) mass is 197 g/mol. The zero-order valence-electron chi connectivity index (χ0n) is 9.16. The van der Waals surface area contributed by atoms with Crippen molar-refractivity contribution in [3.63, 3.8) is 0 Å². The fraction of sp³-hybridized carbons (Fsp3) is 0.900. The Kier molecular flexibility index (Phi) is 2.39. The van der Waals surface area contributed by atoms with Crippen LogP contribution in [0.3, 0.4) is 0 Å². The molecule has 0 spiro atoms. The predicted molar refractivity (Wildman–Crippen MR) is 50.5 cm³/mol. The lowest BCUT2D eigenvalue weighted by atomic mass is 9.73. The molecule has 1 N–H and O–H groups in total. The largest absolute Gasteiger partial charge is 0.375 e. The molecular formula is C10H17N2O2. The van der Waals surface area contributed by atoms with E-state index in [0.717, 1.165) is 5.06 Å². The average molecular weight is 197 g/mol. The van der Waals surface area contributed by atoms with Crippen molar-refractivity contribution < 1.29 is 10.3 Å². The second kappa shape index (κ2) is 2.93. The molecule has 1 fully saturated rings. The van der Waals surface area contributed by atoms with Crippen LogP contribution in [0.25, 0.3) is 0 Å². The third kappa shape index (κ3) is 1.76. The molecule has 0 unspecified atom stereocenters. The second-order valence-corrected chi connectivity index (χ2v) is 5.42. The molecule has 1 aliphatic heterocycles. The summed E-state index contributed by atoms with van der Waals surface area (Å²) in [4.78, 5) is 0. The Balaban J connectivity index is 3.05. The number of nitriles is 1. The van der Waals surface area contributed by atoms with Crippen LogP contribution < -0.4 is 0 Å². The van der Waals surface area contributed by atoms with Crippen LogP contribution in [0.5, 0.6) is 0 Å². The van der Waals surface area contributed by atoms with Crippen LogP contribution >= 0.6 is 0 Å². The Morgan fingerprint density at radius 1 is 1.21 bits per heavy atom. The molecule has 0 atom stereocenters. The van der Waals surface area contributed by atoms with Crippen LogP contribution in [-0.2, 0) is 5.21 Å². The van der Waals surface area contributed by atoms with E-state index in [1.807, 2.05) is 6.07 Å². The summed E-state index contributed by atoms with van der Waals surface area (Å²) in [5.41, 5.74) is -2.74. The maximum absolute atomic E-state index is 11.9. The van der Waals surface area contributed by atoms with Crippen molar-refractivity contribution in [2.45, 2.75) is 57.2 Å². The molecule has 1 aliphatic rings. The zero-order chi connectivity index (χ0) is 11.2. The molecule has 0 aliphatic carbocycles. The minimum atomic E-state index is -1.37. The van der Waals surface area contributed by atoms with Gasteiger partial charge >= 0.3 is 0 Å². The van der Waals surface area contributed by atoms with Gasteiger partial charge in [0, 0.05) is 23.9 Å². The molecule has 0 aromatic carbocycles. The van der Waals surface area contributed by atoms with Gasteiger partial charge in [-0.2, -0.15) is 5.26 Å². The van der Waals surface area contributed by atoms with Gasteiger partial charge in [-0.1, -0.05) is 0 Å². The lowest BCUT2D eigenvalue weighted by Gasteiger charge is -2.51. The number of aliphatic hydroxyl groups is 1. The third-order valence-corrected chi connectivity index (χ3v) is 2.76. The van der Waals surface area contributed by atoms with Gasteiger partial charge in [-0.05, 0) is 27.7 Å². The van der Waals surface area contributed by atoms with Crippen molar-refractivity contribution in [1.82, 2.24) is 5.06 Å². The Bertz CT molecular complexity index is 260. The first-order valence-corrected chi connectivity index (χ1v) is 4.74. The van der Waals surface area contributed by atoms with Crippen LogP contribution in [0.2, 0.25) is 0 Å². The molecule has 0 saturated carbocycles. The number of piperidine rings is 1. The summed E-state index contributed by atoms with van der Waals surface area (Å²) in [5, 5.41) is 31.7. The smallest absolute Gasteiger partial charge is 0.154 e. The number of hydroxylamine groups is 2. The van der Waals surface area contributed by atoms with Crippen molar-refractivity contribution in [1.29, 1.82) is 5.26 Å². The quantitative estimate of drug-likeness (QED) is 0.594. The molecule has 1 radical (unpaired) electrons. The number of hydrogen-bond donors (Lipinski definition) is 1. The normalized spacial score (nSPS) is 29.5. The molecule has 0 amide bonds. The standard InChI is InChI=1S/C10H17N2O2/c1-8(2)5-10(13,7-11)6-9(3,4)12(8)14/h13H,5-6H2,1-4H3. The second-order valence-electron chi connectivity index (χ2n) is 5.42. The Hall–Kier alpha value is -0.630. The first-order valence-electron chi connectivity index (χ1n) is 4.74. The van der Waals surface area contributed by atoms with Crippen molar-refractivity contribution in [3.8, 4) is 6.07 Å². The molecule has 4 heteroatoms. The molecule has 0 aromatic rings. The molecule has 79 valence electrons. The summed E-state index contributed by atoms with van der Waals surface area (Å²) in [5.74, 6) is 0. The van der Waals surface area contributed by atoms with Crippen molar-refractivity contribution in [3.05, 3.63) is 0 Å². The molecule has 0 aromatic heterocycles. The summed E-state index contributed by atoms with van der Waals surface area (Å²) in [6.07, 6.45) is 0.396. The van der Waals surface area contributed by atoms with Crippen LogP contribution in [-0.4, -0.2) is 26.8 Å². The van der Waals surface area contributed by atoms with Gasteiger partial charge in [0.15, 0.2) is 5.60 Å². The van der Waals surface area contributed by atoms with Crippen LogP contribution in [0.4, 0.5) is 0 Å². The van der Waals surface area contributed by atoms with E-state index in [1.165, 1.54) is 0 Å². The number of hydrogen-bond acceptors (Lipinski definition) is 3. The SMILES string of the molecule is CC1(C)CC(O)(C#N)CC(C)(C)N1[O]. The van der Waals surface area contributed by atoms with Gasteiger partial charge in [0.05, 0.1) is 6.07 Å². The first kappa shape index (κ1) is 11.4. The van der Waals surface area contributed by atoms with Gasteiger partial charge < -0.3 is 5.11 Å². The topological polar surface area (TPSA) is 67.2 Å². The molecule has 1 saturated heterocycles. The molecule has 1 heterocycles. The van der Waals surface area contributed by atoms with E-state index in [2.05, 4.69) is 0 Å². The van der Waals surface area contributed by atoms with Crippen molar-refractivity contribution in [2.75, 3.05) is 0 Å².